The molecule has 2 aromatic carbocycles. The molecule has 0 fully saturated rings. The van der Waals surface area contributed by atoms with Gasteiger partial charge in [0.05, 0.1) is 10.6 Å². The maximum Gasteiger partial charge on any atom is 0.253 e. The highest BCUT2D eigenvalue weighted by Crippen LogP contribution is 2.21. The van der Waals surface area contributed by atoms with Crippen LogP contribution in [0.25, 0.3) is 0 Å². The van der Waals surface area contributed by atoms with E-state index in [1.807, 2.05) is 6.07 Å². The minimum absolute atomic E-state index is 0.221. The lowest BCUT2D eigenvalue weighted by molar-refractivity contribution is 0.0951. The Morgan fingerprint density at radius 2 is 1.90 bits per heavy atom. The predicted octanol–water partition coefficient (Wildman–Crippen LogP) is 3.53. The smallest absolute Gasteiger partial charge is 0.253 e. The van der Waals surface area contributed by atoms with E-state index >= 15 is 0 Å². The molecule has 0 bridgehead atoms. The van der Waals surface area contributed by atoms with E-state index in [9.17, 15) is 4.79 Å². The zero-order valence-electron chi connectivity index (χ0n) is 11.2. The van der Waals surface area contributed by atoms with Crippen LogP contribution in [0.5, 0.6) is 0 Å². The average molecular weight is 321 g/mol. The van der Waals surface area contributed by atoms with Crippen LogP contribution in [0.1, 0.15) is 27.0 Å². The zero-order valence-corrected chi connectivity index (χ0v) is 12.8. The molecule has 21 heavy (non-hydrogen) atoms. The predicted molar refractivity (Wildman–Crippen MR) is 84.6 cm³/mol. The lowest BCUT2D eigenvalue weighted by Crippen LogP contribution is -2.23. The van der Waals surface area contributed by atoms with Crippen LogP contribution in [0.3, 0.4) is 0 Å². The van der Waals surface area contributed by atoms with E-state index in [0.29, 0.717) is 22.2 Å². The summed E-state index contributed by atoms with van der Waals surface area (Å²) in [5, 5.41) is 7.06. The van der Waals surface area contributed by atoms with Gasteiger partial charge in [-0.25, -0.2) is 0 Å². The van der Waals surface area contributed by atoms with Crippen LogP contribution in [-0.4, -0.2) is 5.91 Å². The minimum atomic E-state index is -0.221. The van der Waals surface area contributed by atoms with Crippen molar-refractivity contribution in [2.24, 2.45) is 0 Å². The number of rotatable bonds is 3. The Kier molecular flexibility index (Phi) is 4.15. The van der Waals surface area contributed by atoms with Crippen LogP contribution < -0.4 is 10.6 Å². The fraction of sp³-hybridized carbons (Fsp3) is 0.188. The summed E-state index contributed by atoms with van der Waals surface area (Å²) in [6, 6.07) is 11.1. The number of carbonyl (C=O) groups is 1. The van der Waals surface area contributed by atoms with Crippen LogP contribution in [0.15, 0.2) is 36.4 Å². The van der Waals surface area contributed by atoms with Gasteiger partial charge >= 0.3 is 0 Å². The quantitative estimate of drug-likeness (QED) is 0.908. The second-order valence-electron chi connectivity index (χ2n) is 5.01. The van der Waals surface area contributed by atoms with Crippen LogP contribution >= 0.6 is 23.2 Å². The second-order valence-corrected chi connectivity index (χ2v) is 5.86. The summed E-state index contributed by atoms with van der Waals surface area (Å²) >= 11 is 11.9. The molecule has 0 saturated heterocycles. The third-order valence-corrected chi connectivity index (χ3v) is 4.09. The summed E-state index contributed by atoms with van der Waals surface area (Å²) in [6.07, 6.45) is 0. The molecule has 0 aromatic heterocycles. The number of hydrogen-bond donors (Lipinski definition) is 2. The number of carbonyl (C=O) groups excluding carboxylic acids is 1. The van der Waals surface area contributed by atoms with Gasteiger partial charge < -0.3 is 10.6 Å². The summed E-state index contributed by atoms with van der Waals surface area (Å²) < 4.78 is 0. The molecule has 1 aliphatic heterocycles. The number of amides is 1. The first-order valence-electron chi connectivity index (χ1n) is 6.68. The molecule has 3 rings (SSSR count). The Balaban J connectivity index is 1.70. The normalized spacial score (nSPS) is 13.0. The van der Waals surface area contributed by atoms with Gasteiger partial charge in [-0.15, -0.1) is 0 Å². The number of halogens is 2. The Labute approximate surface area is 133 Å². The average Bonchev–Trinajstić information content (AvgIpc) is 2.94. The largest absolute Gasteiger partial charge is 0.348 e. The molecule has 5 heteroatoms. The topological polar surface area (TPSA) is 41.1 Å². The van der Waals surface area contributed by atoms with Gasteiger partial charge in [-0.3, -0.25) is 4.79 Å². The maximum absolute atomic E-state index is 12.2. The molecule has 0 atom stereocenters. The maximum atomic E-state index is 12.2. The molecule has 0 saturated carbocycles. The van der Waals surface area contributed by atoms with E-state index in [0.717, 1.165) is 18.7 Å². The van der Waals surface area contributed by atoms with Gasteiger partial charge in [0.2, 0.25) is 0 Å². The first-order valence-corrected chi connectivity index (χ1v) is 7.44. The first-order chi connectivity index (χ1) is 10.1. The molecule has 2 N–H and O–H groups in total. The highest BCUT2D eigenvalue weighted by Gasteiger charge is 2.12. The second kappa shape index (κ2) is 6.06. The van der Waals surface area contributed by atoms with E-state index in [4.69, 9.17) is 23.2 Å². The molecule has 0 spiro atoms. The van der Waals surface area contributed by atoms with Gasteiger partial charge in [0.1, 0.15) is 0 Å². The molecule has 0 unspecified atom stereocenters. The number of nitrogens with one attached hydrogen (secondary N) is 2. The summed E-state index contributed by atoms with van der Waals surface area (Å²) in [7, 11) is 0. The van der Waals surface area contributed by atoms with Gasteiger partial charge in [0.15, 0.2) is 0 Å². The fourth-order valence-electron chi connectivity index (χ4n) is 2.41. The van der Waals surface area contributed by atoms with E-state index < -0.39 is 0 Å². The number of fused-ring (bicyclic) bond motifs is 1. The van der Waals surface area contributed by atoms with Crippen LogP contribution in [0.4, 0.5) is 0 Å². The molecule has 1 heterocycles. The molecular weight excluding hydrogens is 307 g/mol. The monoisotopic (exact) mass is 320 g/mol. The van der Waals surface area contributed by atoms with Gasteiger partial charge in [0, 0.05) is 24.7 Å². The number of hydrogen-bond acceptors (Lipinski definition) is 2. The van der Waals surface area contributed by atoms with Crippen molar-refractivity contribution in [3.05, 3.63) is 68.7 Å². The van der Waals surface area contributed by atoms with Gasteiger partial charge in [-0.2, -0.15) is 0 Å². The molecule has 0 aliphatic carbocycles. The van der Waals surface area contributed by atoms with Crippen molar-refractivity contribution in [1.82, 2.24) is 10.6 Å². The number of benzene rings is 2. The lowest BCUT2D eigenvalue weighted by Gasteiger charge is -2.08. The van der Waals surface area contributed by atoms with E-state index in [1.165, 1.54) is 11.1 Å². The van der Waals surface area contributed by atoms with Crippen LogP contribution in [0.2, 0.25) is 10.0 Å². The van der Waals surface area contributed by atoms with Gasteiger partial charge in [0.25, 0.3) is 5.91 Å². The molecule has 108 valence electrons. The molecule has 1 aliphatic rings. The Bertz CT molecular complexity index is 701. The lowest BCUT2D eigenvalue weighted by atomic mass is 10.1. The summed E-state index contributed by atoms with van der Waals surface area (Å²) in [4.78, 5) is 12.2. The summed E-state index contributed by atoms with van der Waals surface area (Å²) in [6.45, 7) is 2.27. The zero-order chi connectivity index (χ0) is 14.8. The Morgan fingerprint density at radius 1 is 1.10 bits per heavy atom. The minimum Gasteiger partial charge on any atom is -0.348 e. The SMILES string of the molecule is O=C(NCc1ccc2c(c1)CNC2)c1cc(Cl)ccc1Cl. The van der Waals surface area contributed by atoms with Crippen molar-refractivity contribution < 1.29 is 4.79 Å². The van der Waals surface area contributed by atoms with Crippen molar-refractivity contribution in [2.45, 2.75) is 19.6 Å². The first kappa shape index (κ1) is 14.4. The van der Waals surface area contributed by atoms with Gasteiger partial charge in [-0.05, 0) is 34.9 Å². The van der Waals surface area contributed by atoms with E-state index in [2.05, 4.69) is 22.8 Å². The summed E-state index contributed by atoms with van der Waals surface area (Å²) in [5.74, 6) is -0.221. The summed E-state index contributed by atoms with van der Waals surface area (Å²) in [5.41, 5.74) is 4.08. The Morgan fingerprint density at radius 3 is 2.76 bits per heavy atom. The van der Waals surface area contributed by atoms with Crippen molar-refractivity contribution >= 4 is 29.1 Å². The molecule has 2 aromatic rings. The third kappa shape index (κ3) is 3.21. The standard InChI is InChI=1S/C16H14Cl2N2O/c17-13-3-4-15(18)14(6-13)16(21)20-7-10-1-2-11-8-19-9-12(11)5-10/h1-6,19H,7-9H2,(H,20,21). The van der Waals surface area contributed by atoms with Crippen molar-refractivity contribution in [3.63, 3.8) is 0 Å². The molecule has 0 radical (unpaired) electrons. The van der Waals surface area contributed by atoms with E-state index in [-0.39, 0.29) is 5.91 Å². The third-order valence-electron chi connectivity index (χ3n) is 3.53. The van der Waals surface area contributed by atoms with Gasteiger partial charge in [-0.1, -0.05) is 41.4 Å². The fourth-order valence-corrected chi connectivity index (χ4v) is 2.78. The highest BCUT2D eigenvalue weighted by atomic mass is 35.5. The van der Waals surface area contributed by atoms with Crippen molar-refractivity contribution in [1.29, 1.82) is 0 Å². The van der Waals surface area contributed by atoms with E-state index in [1.54, 1.807) is 18.2 Å². The van der Waals surface area contributed by atoms with Crippen LogP contribution in [0, 0.1) is 0 Å². The van der Waals surface area contributed by atoms with Crippen molar-refractivity contribution in [3.8, 4) is 0 Å². The molecular formula is C16H14Cl2N2O. The van der Waals surface area contributed by atoms with Crippen molar-refractivity contribution in [2.75, 3.05) is 0 Å². The Hall–Kier alpha value is -1.55. The molecule has 1 amide bonds. The molecule has 3 nitrogen and oxygen atoms in total. The highest BCUT2D eigenvalue weighted by molar-refractivity contribution is 6.35. The van der Waals surface area contributed by atoms with Crippen LogP contribution in [-0.2, 0) is 19.6 Å².